The van der Waals surface area contributed by atoms with Crippen LogP contribution in [0.15, 0.2) is 18.6 Å². The molecule has 1 N–H and O–H groups in total. The number of rotatable bonds is 4. The Kier molecular flexibility index (Phi) is 3.96. The number of hydrogen-bond acceptors (Lipinski definition) is 6. The monoisotopic (exact) mass is 381 g/mol. The molecule has 5 rings (SSSR count). The normalized spacial score (nSPS) is 24.2. The lowest BCUT2D eigenvalue weighted by Gasteiger charge is -2.35. The van der Waals surface area contributed by atoms with Crippen molar-refractivity contribution in [2.24, 2.45) is 5.92 Å². The first-order valence-corrected chi connectivity index (χ1v) is 9.92. The summed E-state index contributed by atoms with van der Waals surface area (Å²) in [6.07, 6.45) is 10.9. The fourth-order valence-electron chi connectivity index (χ4n) is 4.88. The quantitative estimate of drug-likeness (QED) is 0.813. The van der Waals surface area contributed by atoms with Gasteiger partial charge in [0.1, 0.15) is 5.54 Å². The van der Waals surface area contributed by atoms with Gasteiger partial charge in [-0.05, 0) is 31.6 Å². The molecule has 3 aliphatic rings. The maximum atomic E-state index is 13.2. The molecule has 2 atom stereocenters. The van der Waals surface area contributed by atoms with E-state index in [1.54, 1.807) is 23.3 Å². The van der Waals surface area contributed by atoms with Crippen LogP contribution in [0, 0.1) is 5.92 Å². The second kappa shape index (κ2) is 6.39. The summed E-state index contributed by atoms with van der Waals surface area (Å²) >= 11 is 0. The van der Waals surface area contributed by atoms with Gasteiger partial charge in [0.2, 0.25) is 0 Å². The van der Waals surface area contributed by atoms with Crippen molar-refractivity contribution >= 4 is 11.9 Å². The maximum absolute atomic E-state index is 13.2. The second-order valence-electron chi connectivity index (χ2n) is 8.08. The number of hydrogen-bond donors (Lipinski definition) is 1. The van der Waals surface area contributed by atoms with Crippen LogP contribution in [0.4, 0.5) is 0 Å². The molecule has 0 bridgehead atoms. The molecule has 0 spiro atoms. The molecule has 8 heteroatoms. The summed E-state index contributed by atoms with van der Waals surface area (Å²) in [7, 11) is 1.37. The highest BCUT2D eigenvalue weighted by Crippen LogP contribution is 2.57. The van der Waals surface area contributed by atoms with Gasteiger partial charge in [0, 0.05) is 23.9 Å². The predicted molar refractivity (Wildman–Crippen MR) is 99.0 cm³/mol. The Morgan fingerprint density at radius 2 is 2.07 bits per heavy atom. The summed E-state index contributed by atoms with van der Waals surface area (Å²) in [4.78, 5) is 34.2. The Balaban J connectivity index is 1.51. The lowest BCUT2D eigenvalue weighted by molar-refractivity contribution is -0.149. The largest absolute Gasteiger partial charge is 0.467 e. The number of esters is 1. The third kappa shape index (κ3) is 2.62. The number of aromatic nitrogens is 4. The lowest BCUT2D eigenvalue weighted by Crippen LogP contribution is -2.56. The molecule has 2 fully saturated rings. The fourth-order valence-corrected chi connectivity index (χ4v) is 4.88. The third-order valence-corrected chi connectivity index (χ3v) is 6.38. The fraction of sp³-hybridized carbons (Fsp3) is 0.550. The molecule has 0 aromatic carbocycles. The summed E-state index contributed by atoms with van der Waals surface area (Å²) in [6.45, 7) is 0. The van der Waals surface area contributed by atoms with E-state index in [2.05, 4.69) is 20.4 Å². The van der Waals surface area contributed by atoms with Gasteiger partial charge in [0.15, 0.2) is 11.5 Å². The third-order valence-electron chi connectivity index (χ3n) is 6.38. The number of carbonyl (C=O) groups excluding carboxylic acids is 2. The first-order chi connectivity index (χ1) is 13.6. The van der Waals surface area contributed by atoms with Crippen LogP contribution in [0.2, 0.25) is 0 Å². The van der Waals surface area contributed by atoms with Gasteiger partial charge in [0.25, 0.3) is 5.91 Å². The molecule has 0 saturated heterocycles. The molecular formula is C20H23N5O3. The minimum Gasteiger partial charge on any atom is -0.467 e. The molecule has 28 heavy (non-hydrogen) atoms. The van der Waals surface area contributed by atoms with Crippen molar-refractivity contribution in [2.75, 3.05) is 7.11 Å². The second-order valence-corrected chi connectivity index (χ2v) is 8.08. The first kappa shape index (κ1) is 17.3. The zero-order valence-electron chi connectivity index (χ0n) is 15.9. The number of nitrogens with zero attached hydrogens (tertiary/aromatic N) is 4. The molecule has 0 aliphatic heterocycles. The molecule has 0 unspecified atom stereocenters. The van der Waals surface area contributed by atoms with Gasteiger partial charge in [0.05, 0.1) is 19.0 Å². The molecular weight excluding hydrogens is 358 g/mol. The minimum absolute atomic E-state index is 0.299. The highest BCUT2D eigenvalue weighted by Gasteiger charge is 2.51. The van der Waals surface area contributed by atoms with Crippen LogP contribution in [0.1, 0.15) is 66.2 Å². The van der Waals surface area contributed by atoms with Crippen molar-refractivity contribution in [3.8, 4) is 5.82 Å². The summed E-state index contributed by atoms with van der Waals surface area (Å²) in [6, 6.07) is 0. The van der Waals surface area contributed by atoms with Crippen molar-refractivity contribution in [1.82, 2.24) is 25.1 Å². The van der Waals surface area contributed by atoms with Crippen LogP contribution >= 0.6 is 0 Å². The topological polar surface area (TPSA) is 99.0 Å². The van der Waals surface area contributed by atoms with E-state index in [1.165, 1.54) is 7.11 Å². The Morgan fingerprint density at radius 3 is 2.79 bits per heavy atom. The van der Waals surface area contributed by atoms with Crippen molar-refractivity contribution in [3.63, 3.8) is 0 Å². The molecule has 3 aliphatic carbocycles. The van der Waals surface area contributed by atoms with Gasteiger partial charge in [-0.3, -0.25) is 9.78 Å². The van der Waals surface area contributed by atoms with E-state index in [-0.39, 0.29) is 11.9 Å². The van der Waals surface area contributed by atoms with E-state index in [1.807, 2.05) is 0 Å². The molecule has 0 radical (unpaired) electrons. The SMILES string of the molecule is COC(=O)C1(NC(=O)c2nn(-c3cnccn3)c3c2C[C@H]2C[C@@H]32)CCCCC1. The Bertz CT molecular complexity index is 933. The van der Waals surface area contributed by atoms with Gasteiger partial charge >= 0.3 is 5.97 Å². The van der Waals surface area contributed by atoms with Crippen LogP contribution in [-0.2, 0) is 16.0 Å². The van der Waals surface area contributed by atoms with E-state index < -0.39 is 5.54 Å². The average Bonchev–Trinajstić information content (AvgIpc) is 3.23. The first-order valence-electron chi connectivity index (χ1n) is 9.92. The van der Waals surface area contributed by atoms with E-state index in [0.29, 0.717) is 36.2 Å². The highest BCUT2D eigenvalue weighted by atomic mass is 16.5. The van der Waals surface area contributed by atoms with Crippen LogP contribution < -0.4 is 5.32 Å². The molecule has 2 heterocycles. The molecule has 2 saturated carbocycles. The number of nitrogens with one attached hydrogen (secondary N) is 1. The number of amides is 1. The van der Waals surface area contributed by atoms with Crippen molar-refractivity contribution in [1.29, 1.82) is 0 Å². The maximum Gasteiger partial charge on any atom is 0.331 e. The smallest absolute Gasteiger partial charge is 0.331 e. The highest BCUT2D eigenvalue weighted by molar-refractivity contribution is 5.98. The molecule has 8 nitrogen and oxygen atoms in total. The van der Waals surface area contributed by atoms with E-state index in [4.69, 9.17) is 4.74 Å². The van der Waals surface area contributed by atoms with Crippen LogP contribution in [0.3, 0.4) is 0 Å². The Hall–Kier alpha value is -2.77. The van der Waals surface area contributed by atoms with Gasteiger partial charge in [-0.25, -0.2) is 14.5 Å². The zero-order chi connectivity index (χ0) is 19.3. The number of methoxy groups -OCH3 is 1. The summed E-state index contributed by atoms with van der Waals surface area (Å²) in [5.74, 6) is 0.980. The van der Waals surface area contributed by atoms with Crippen molar-refractivity contribution < 1.29 is 14.3 Å². The van der Waals surface area contributed by atoms with Crippen LogP contribution in [0.5, 0.6) is 0 Å². The molecule has 2 aromatic rings. The molecule has 146 valence electrons. The van der Waals surface area contributed by atoms with Gasteiger partial charge in [-0.15, -0.1) is 0 Å². The average molecular weight is 381 g/mol. The van der Waals surface area contributed by atoms with Crippen LogP contribution in [-0.4, -0.2) is 44.3 Å². The van der Waals surface area contributed by atoms with E-state index in [0.717, 1.165) is 43.4 Å². The molecule has 2 aromatic heterocycles. The summed E-state index contributed by atoms with van der Waals surface area (Å²) in [5.41, 5.74) is 1.52. The Labute approximate surface area is 162 Å². The number of carbonyl (C=O) groups is 2. The van der Waals surface area contributed by atoms with Crippen LogP contribution in [0.25, 0.3) is 5.82 Å². The standard InChI is InChI=1S/C20H23N5O3/c1-28-19(27)20(5-3-2-4-6-20)23-18(26)16-14-10-12-9-13(12)17(14)25(24-16)15-11-21-7-8-22-15/h7-8,11-13H,2-6,9-10H2,1H3,(H,23,26)/t12-,13-/m1/s1. The van der Waals surface area contributed by atoms with E-state index >= 15 is 0 Å². The summed E-state index contributed by atoms with van der Waals surface area (Å²) < 4.78 is 6.79. The van der Waals surface area contributed by atoms with Crippen molar-refractivity contribution in [3.05, 3.63) is 35.5 Å². The summed E-state index contributed by atoms with van der Waals surface area (Å²) in [5, 5.41) is 7.61. The zero-order valence-corrected chi connectivity index (χ0v) is 15.9. The van der Waals surface area contributed by atoms with Gasteiger partial charge < -0.3 is 10.1 Å². The minimum atomic E-state index is -0.950. The predicted octanol–water partition coefficient (Wildman–Crippen LogP) is 1.93. The molecule has 1 amide bonds. The van der Waals surface area contributed by atoms with Crippen molar-refractivity contribution in [2.45, 2.75) is 56.4 Å². The van der Waals surface area contributed by atoms with Gasteiger partial charge in [-0.1, -0.05) is 19.3 Å². The lowest BCUT2D eigenvalue weighted by atomic mass is 9.81. The number of ether oxygens (including phenoxy) is 1. The van der Waals surface area contributed by atoms with Gasteiger partial charge in [-0.2, -0.15) is 5.10 Å². The Morgan fingerprint density at radius 1 is 1.25 bits per heavy atom. The number of fused-ring (bicyclic) bond motifs is 3. The van der Waals surface area contributed by atoms with E-state index in [9.17, 15) is 9.59 Å².